The van der Waals surface area contributed by atoms with Gasteiger partial charge in [0.05, 0.1) is 18.4 Å². The van der Waals surface area contributed by atoms with Crippen LogP contribution in [0, 0.1) is 5.82 Å². The Hall–Kier alpha value is -1.69. The van der Waals surface area contributed by atoms with E-state index in [9.17, 15) is 9.18 Å². The standard InChI is InChI=1S/C13H20FN3O2/c1-4-17(6-7-19-5-2)13(18)11-8-10(14)9-16-12(11)15-3/h8-9H,4-7H2,1-3H3,(H,15,16). The van der Waals surface area contributed by atoms with Crippen molar-refractivity contribution in [1.82, 2.24) is 9.88 Å². The van der Waals surface area contributed by atoms with Crippen LogP contribution in [0.15, 0.2) is 12.3 Å². The molecule has 1 N–H and O–H groups in total. The number of carbonyl (C=O) groups is 1. The Labute approximate surface area is 112 Å². The third-order valence-corrected chi connectivity index (χ3v) is 2.70. The molecule has 0 radical (unpaired) electrons. The van der Waals surface area contributed by atoms with Gasteiger partial charge in [0.1, 0.15) is 11.6 Å². The molecule has 0 spiro atoms. The largest absolute Gasteiger partial charge is 0.380 e. The Morgan fingerprint density at radius 3 is 2.84 bits per heavy atom. The van der Waals surface area contributed by atoms with Crippen molar-refractivity contribution in [2.75, 3.05) is 38.7 Å². The van der Waals surface area contributed by atoms with E-state index in [2.05, 4.69) is 10.3 Å². The Morgan fingerprint density at radius 2 is 2.26 bits per heavy atom. The average molecular weight is 269 g/mol. The number of anilines is 1. The highest BCUT2D eigenvalue weighted by molar-refractivity contribution is 5.98. The number of likely N-dealkylation sites (N-methyl/N-ethyl adjacent to an activating group) is 1. The first kappa shape index (κ1) is 15.4. The number of nitrogens with zero attached hydrogens (tertiary/aromatic N) is 2. The number of aromatic nitrogens is 1. The highest BCUT2D eigenvalue weighted by Gasteiger charge is 2.18. The number of halogens is 1. The van der Waals surface area contributed by atoms with Gasteiger partial charge in [0.25, 0.3) is 5.91 Å². The van der Waals surface area contributed by atoms with Gasteiger partial charge < -0.3 is 15.0 Å². The molecule has 6 heteroatoms. The SMILES string of the molecule is CCOCCN(CC)C(=O)c1cc(F)cnc1NC. The zero-order chi connectivity index (χ0) is 14.3. The van der Waals surface area contributed by atoms with Crippen LogP contribution in [0.4, 0.5) is 10.2 Å². The first-order valence-electron chi connectivity index (χ1n) is 6.34. The summed E-state index contributed by atoms with van der Waals surface area (Å²) in [7, 11) is 1.65. The second-order valence-corrected chi connectivity index (χ2v) is 3.88. The molecule has 0 aliphatic heterocycles. The van der Waals surface area contributed by atoms with Crippen molar-refractivity contribution in [3.05, 3.63) is 23.6 Å². The molecule has 5 nitrogen and oxygen atoms in total. The van der Waals surface area contributed by atoms with E-state index in [4.69, 9.17) is 4.74 Å². The lowest BCUT2D eigenvalue weighted by atomic mass is 10.2. The normalized spacial score (nSPS) is 10.3. The Morgan fingerprint density at radius 1 is 1.53 bits per heavy atom. The van der Waals surface area contributed by atoms with Gasteiger partial charge in [0.15, 0.2) is 0 Å². The quantitative estimate of drug-likeness (QED) is 0.766. The molecule has 0 aliphatic rings. The van der Waals surface area contributed by atoms with E-state index < -0.39 is 5.82 Å². The van der Waals surface area contributed by atoms with Gasteiger partial charge in [-0.15, -0.1) is 0 Å². The van der Waals surface area contributed by atoms with E-state index in [1.165, 1.54) is 6.07 Å². The Bertz CT molecular complexity index is 426. The van der Waals surface area contributed by atoms with E-state index in [-0.39, 0.29) is 11.5 Å². The fourth-order valence-electron chi connectivity index (χ4n) is 1.69. The van der Waals surface area contributed by atoms with Gasteiger partial charge in [0.2, 0.25) is 0 Å². The van der Waals surface area contributed by atoms with Crippen molar-refractivity contribution < 1.29 is 13.9 Å². The number of pyridine rings is 1. The molecular formula is C13H20FN3O2. The van der Waals surface area contributed by atoms with Crippen molar-refractivity contribution in [3.8, 4) is 0 Å². The topological polar surface area (TPSA) is 54.5 Å². The summed E-state index contributed by atoms with van der Waals surface area (Å²) in [6.07, 6.45) is 1.08. The Kier molecular flexibility index (Phi) is 6.21. The molecule has 1 heterocycles. The molecule has 0 saturated heterocycles. The molecule has 1 amide bonds. The lowest BCUT2D eigenvalue weighted by Gasteiger charge is -2.21. The van der Waals surface area contributed by atoms with Crippen LogP contribution in [0.25, 0.3) is 0 Å². The number of ether oxygens (including phenoxy) is 1. The molecule has 1 aromatic heterocycles. The molecule has 0 bridgehead atoms. The second kappa shape index (κ2) is 7.68. The molecule has 0 atom stereocenters. The van der Waals surface area contributed by atoms with Gasteiger partial charge in [0, 0.05) is 26.7 Å². The van der Waals surface area contributed by atoms with E-state index in [0.717, 1.165) is 6.20 Å². The fraction of sp³-hybridized carbons (Fsp3) is 0.538. The summed E-state index contributed by atoms with van der Waals surface area (Å²) in [5.74, 6) is -0.400. The third-order valence-electron chi connectivity index (χ3n) is 2.70. The molecule has 0 aromatic carbocycles. The molecular weight excluding hydrogens is 249 g/mol. The average Bonchev–Trinajstić information content (AvgIpc) is 2.43. The summed E-state index contributed by atoms with van der Waals surface area (Å²) >= 11 is 0. The summed E-state index contributed by atoms with van der Waals surface area (Å²) < 4.78 is 18.5. The minimum Gasteiger partial charge on any atom is -0.380 e. The van der Waals surface area contributed by atoms with Gasteiger partial charge in [-0.1, -0.05) is 0 Å². The molecule has 1 aromatic rings. The van der Waals surface area contributed by atoms with E-state index >= 15 is 0 Å². The molecule has 19 heavy (non-hydrogen) atoms. The lowest BCUT2D eigenvalue weighted by Crippen LogP contribution is -2.34. The predicted molar refractivity (Wildman–Crippen MR) is 71.8 cm³/mol. The number of amides is 1. The smallest absolute Gasteiger partial charge is 0.257 e. The number of nitrogens with one attached hydrogen (secondary N) is 1. The maximum Gasteiger partial charge on any atom is 0.257 e. The van der Waals surface area contributed by atoms with Crippen molar-refractivity contribution in [3.63, 3.8) is 0 Å². The van der Waals surface area contributed by atoms with Gasteiger partial charge in [-0.2, -0.15) is 0 Å². The van der Waals surface area contributed by atoms with Gasteiger partial charge in [-0.05, 0) is 19.9 Å². The highest BCUT2D eigenvalue weighted by Crippen LogP contribution is 2.15. The molecule has 0 aliphatic carbocycles. The minimum absolute atomic E-state index is 0.237. The third kappa shape index (κ3) is 4.17. The second-order valence-electron chi connectivity index (χ2n) is 3.88. The first-order valence-corrected chi connectivity index (χ1v) is 6.34. The highest BCUT2D eigenvalue weighted by atomic mass is 19.1. The summed E-state index contributed by atoms with van der Waals surface area (Å²) in [6, 6.07) is 1.20. The number of hydrogen-bond donors (Lipinski definition) is 1. The Balaban J connectivity index is 2.87. The van der Waals surface area contributed by atoms with Gasteiger partial charge >= 0.3 is 0 Å². The van der Waals surface area contributed by atoms with Crippen LogP contribution < -0.4 is 5.32 Å². The molecule has 0 unspecified atom stereocenters. The van der Waals surface area contributed by atoms with Gasteiger partial charge in [-0.3, -0.25) is 4.79 Å². The zero-order valence-corrected chi connectivity index (χ0v) is 11.6. The number of rotatable bonds is 7. The molecule has 106 valence electrons. The fourth-order valence-corrected chi connectivity index (χ4v) is 1.69. The predicted octanol–water partition coefficient (Wildman–Crippen LogP) is 1.76. The summed E-state index contributed by atoms with van der Waals surface area (Å²) in [4.78, 5) is 17.8. The van der Waals surface area contributed by atoms with Crippen LogP contribution >= 0.6 is 0 Å². The maximum absolute atomic E-state index is 13.2. The molecule has 0 fully saturated rings. The van der Waals surface area contributed by atoms with Gasteiger partial charge in [-0.25, -0.2) is 9.37 Å². The van der Waals surface area contributed by atoms with Crippen molar-refractivity contribution in [1.29, 1.82) is 0 Å². The van der Waals surface area contributed by atoms with E-state index in [0.29, 0.717) is 32.1 Å². The van der Waals surface area contributed by atoms with Crippen molar-refractivity contribution in [2.45, 2.75) is 13.8 Å². The van der Waals surface area contributed by atoms with Crippen LogP contribution in [-0.2, 0) is 4.74 Å². The summed E-state index contributed by atoms with van der Waals surface area (Å²) in [6.45, 7) is 5.85. The summed E-state index contributed by atoms with van der Waals surface area (Å²) in [5.41, 5.74) is 0.237. The minimum atomic E-state index is -0.525. The number of hydrogen-bond acceptors (Lipinski definition) is 4. The van der Waals surface area contributed by atoms with E-state index in [1.54, 1.807) is 11.9 Å². The van der Waals surface area contributed by atoms with Crippen molar-refractivity contribution in [2.24, 2.45) is 0 Å². The zero-order valence-electron chi connectivity index (χ0n) is 11.6. The lowest BCUT2D eigenvalue weighted by molar-refractivity contribution is 0.0669. The van der Waals surface area contributed by atoms with Crippen LogP contribution in [0.5, 0.6) is 0 Å². The summed E-state index contributed by atoms with van der Waals surface area (Å²) in [5, 5.41) is 2.79. The number of carbonyl (C=O) groups excluding carboxylic acids is 1. The van der Waals surface area contributed by atoms with Crippen LogP contribution in [0.2, 0.25) is 0 Å². The molecule has 1 rings (SSSR count). The van der Waals surface area contributed by atoms with Crippen LogP contribution in [-0.4, -0.2) is 49.1 Å². The monoisotopic (exact) mass is 269 g/mol. The van der Waals surface area contributed by atoms with Crippen molar-refractivity contribution >= 4 is 11.7 Å². The molecule has 0 saturated carbocycles. The maximum atomic E-state index is 13.2. The van der Waals surface area contributed by atoms with E-state index in [1.807, 2.05) is 13.8 Å². The first-order chi connectivity index (χ1) is 9.13. The van der Waals surface area contributed by atoms with Crippen LogP contribution in [0.1, 0.15) is 24.2 Å². The van der Waals surface area contributed by atoms with Crippen LogP contribution in [0.3, 0.4) is 0 Å².